The monoisotopic (exact) mass is 687 g/mol. The van der Waals surface area contributed by atoms with Crippen LogP contribution in [0.5, 0.6) is 0 Å². The van der Waals surface area contributed by atoms with E-state index in [9.17, 15) is 0 Å². The molecule has 2 aliphatic carbocycles. The van der Waals surface area contributed by atoms with Crippen molar-refractivity contribution in [2.75, 3.05) is 16.4 Å². The molecule has 4 N–H and O–H groups in total. The summed E-state index contributed by atoms with van der Waals surface area (Å²) < 4.78 is 0. The van der Waals surface area contributed by atoms with Gasteiger partial charge in [-0.2, -0.15) is 0 Å². The van der Waals surface area contributed by atoms with Gasteiger partial charge >= 0.3 is 0 Å². The molecule has 0 bridgehead atoms. The van der Waals surface area contributed by atoms with Crippen LogP contribution < -0.4 is 16.4 Å². The lowest BCUT2D eigenvalue weighted by Gasteiger charge is -2.22. The van der Waals surface area contributed by atoms with Crippen molar-refractivity contribution in [1.29, 1.82) is 0 Å². The van der Waals surface area contributed by atoms with E-state index in [1.165, 1.54) is 44.5 Å². The van der Waals surface area contributed by atoms with Crippen LogP contribution in [-0.4, -0.2) is 0 Å². The van der Waals surface area contributed by atoms with Crippen LogP contribution in [0.4, 0.5) is 28.4 Å². The summed E-state index contributed by atoms with van der Waals surface area (Å²) in [7, 11) is 0. The zero-order chi connectivity index (χ0) is 35.8. The van der Waals surface area contributed by atoms with E-state index in [0.29, 0.717) is 5.92 Å². The molecule has 0 saturated heterocycles. The molecule has 0 saturated carbocycles. The number of para-hydroxylation sites is 3. The van der Waals surface area contributed by atoms with Crippen molar-refractivity contribution < 1.29 is 0 Å². The van der Waals surface area contributed by atoms with Crippen LogP contribution in [-0.2, 0) is 6.42 Å². The van der Waals surface area contributed by atoms with E-state index < -0.39 is 0 Å². The maximum absolute atomic E-state index is 6.48. The third kappa shape index (κ3) is 7.95. The molecular weight excluding hydrogens is 643 g/mol. The Labute approximate surface area is 313 Å². The highest BCUT2D eigenvalue weighted by Crippen LogP contribution is 2.39. The normalized spacial score (nSPS) is 15.7. The third-order valence-corrected chi connectivity index (χ3v) is 10.4. The lowest BCUT2D eigenvalue weighted by Crippen LogP contribution is -2.08. The first-order valence-electron chi connectivity index (χ1n) is 18.7. The molecule has 0 aliphatic heterocycles. The summed E-state index contributed by atoms with van der Waals surface area (Å²) in [5.74, 6) is 0.516. The molecule has 1 unspecified atom stereocenters. The van der Waals surface area contributed by atoms with Gasteiger partial charge in [-0.15, -0.1) is 0 Å². The Morgan fingerprint density at radius 2 is 1.38 bits per heavy atom. The molecule has 3 nitrogen and oxygen atoms in total. The van der Waals surface area contributed by atoms with Crippen molar-refractivity contribution >= 4 is 39.6 Å². The molecule has 0 aromatic heterocycles. The van der Waals surface area contributed by atoms with E-state index >= 15 is 0 Å². The first-order chi connectivity index (χ1) is 26.2. The van der Waals surface area contributed by atoms with Crippen molar-refractivity contribution in [2.24, 2.45) is 0 Å². The second kappa shape index (κ2) is 15.9. The Hall–Kier alpha value is -6.32. The summed E-state index contributed by atoms with van der Waals surface area (Å²) in [4.78, 5) is 0. The lowest BCUT2D eigenvalue weighted by atomic mass is 9.85. The van der Waals surface area contributed by atoms with Crippen LogP contribution >= 0.6 is 0 Å². The van der Waals surface area contributed by atoms with Crippen molar-refractivity contribution in [3.63, 3.8) is 0 Å². The molecule has 6 aromatic carbocycles. The molecule has 2 aliphatic rings. The zero-order valence-electron chi connectivity index (χ0n) is 30.0. The van der Waals surface area contributed by atoms with Gasteiger partial charge < -0.3 is 16.4 Å². The zero-order valence-corrected chi connectivity index (χ0v) is 30.0. The maximum Gasteiger partial charge on any atom is 0.0463 e. The number of hydrogen-bond donors (Lipinski definition) is 3. The third-order valence-electron chi connectivity index (χ3n) is 10.4. The SMILES string of the molecule is Nc1ccccc1[C@@H](Cc1ccc(Nc2ccccc2C2=CCCC(c3ccc(Nc4ccccc4)c(C4C=CC=CC4)c3)=C2)cc1)c1ccccc1. The number of allylic oxidation sites excluding steroid dienone is 8. The summed E-state index contributed by atoms with van der Waals surface area (Å²) in [5, 5.41) is 7.44. The molecule has 0 spiro atoms. The number of rotatable bonds is 11. The Bertz CT molecular complexity index is 2300. The average molecular weight is 688 g/mol. The highest BCUT2D eigenvalue weighted by atomic mass is 14.9. The highest BCUT2D eigenvalue weighted by molar-refractivity contribution is 5.91. The molecule has 260 valence electrons. The van der Waals surface area contributed by atoms with E-state index in [0.717, 1.165) is 54.1 Å². The van der Waals surface area contributed by atoms with Crippen LogP contribution in [0, 0.1) is 0 Å². The van der Waals surface area contributed by atoms with E-state index in [-0.39, 0.29) is 5.92 Å². The van der Waals surface area contributed by atoms with E-state index in [2.05, 4.69) is 187 Å². The minimum absolute atomic E-state index is 0.180. The molecule has 0 fully saturated rings. The van der Waals surface area contributed by atoms with Crippen molar-refractivity contribution in [3.05, 3.63) is 221 Å². The van der Waals surface area contributed by atoms with E-state index in [1.54, 1.807) is 0 Å². The molecule has 0 heterocycles. The summed E-state index contributed by atoms with van der Waals surface area (Å²) in [5.41, 5.74) is 21.9. The van der Waals surface area contributed by atoms with Gasteiger partial charge in [0.25, 0.3) is 0 Å². The number of hydrogen-bond acceptors (Lipinski definition) is 3. The largest absolute Gasteiger partial charge is 0.398 e. The lowest BCUT2D eigenvalue weighted by molar-refractivity contribution is 0.808. The topological polar surface area (TPSA) is 50.1 Å². The second-order valence-electron chi connectivity index (χ2n) is 14.0. The molecule has 0 amide bonds. The van der Waals surface area contributed by atoms with Gasteiger partial charge in [-0.05, 0) is 113 Å². The Kier molecular flexibility index (Phi) is 10.2. The van der Waals surface area contributed by atoms with Gasteiger partial charge in [0.05, 0.1) is 0 Å². The summed E-state index contributed by atoms with van der Waals surface area (Å²) in [6.07, 6.45) is 17.6. The molecule has 3 heteroatoms. The molecular formula is C50H45N3. The molecule has 8 rings (SSSR count). The highest BCUT2D eigenvalue weighted by Gasteiger charge is 2.19. The smallest absolute Gasteiger partial charge is 0.0463 e. The average Bonchev–Trinajstić information content (AvgIpc) is 3.22. The van der Waals surface area contributed by atoms with E-state index in [1.807, 2.05) is 12.1 Å². The van der Waals surface area contributed by atoms with Gasteiger partial charge in [-0.1, -0.05) is 140 Å². The minimum atomic E-state index is 0.180. The standard InChI is InChI=1S/C50H45N3/c51-48-25-12-10-24-45(48)46(37-15-4-1-5-16-37)33-36-27-30-43(31-28-36)53-49-26-13-11-23-44(49)41-20-14-19-39(34-41)40-29-32-50(52-42-21-8-3-9-22-42)47(35-40)38-17-6-2-7-18-38/h1-13,15-17,20-32,34-35,38,46,52-53H,14,18-19,33,51H2/t38?,46-/m0/s1. The number of anilines is 5. The van der Waals surface area contributed by atoms with Gasteiger partial charge in [0.15, 0.2) is 0 Å². The minimum Gasteiger partial charge on any atom is -0.398 e. The van der Waals surface area contributed by atoms with Gasteiger partial charge in [0.2, 0.25) is 0 Å². The number of nitrogens with two attached hydrogens (primary N) is 1. The van der Waals surface area contributed by atoms with Crippen molar-refractivity contribution in [3.8, 4) is 0 Å². The van der Waals surface area contributed by atoms with Crippen LogP contribution in [0.2, 0.25) is 0 Å². The fourth-order valence-corrected chi connectivity index (χ4v) is 7.67. The van der Waals surface area contributed by atoms with Crippen LogP contribution in [0.25, 0.3) is 11.1 Å². The fraction of sp³-hybridized carbons (Fsp3) is 0.120. The number of nitrogen functional groups attached to an aromatic ring is 1. The predicted octanol–water partition coefficient (Wildman–Crippen LogP) is 13.0. The summed E-state index contributed by atoms with van der Waals surface area (Å²) in [6.45, 7) is 0. The van der Waals surface area contributed by atoms with Crippen LogP contribution in [0.1, 0.15) is 64.5 Å². The molecule has 0 radical (unpaired) electrons. The number of benzene rings is 6. The van der Waals surface area contributed by atoms with Gasteiger partial charge in [-0.3, -0.25) is 0 Å². The van der Waals surface area contributed by atoms with Gasteiger partial charge in [0, 0.05) is 45.8 Å². The second-order valence-corrected chi connectivity index (χ2v) is 14.0. The maximum atomic E-state index is 6.48. The number of nitrogens with one attached hydrogen (secondary N) is 2. The first-order valence-corrected chi connectivity index (χ1v) is 18.7. The quantitative estimate of drug-likeness (QED) is 0.119. The molecule has 6 aromatic rings. The summed E-state index contributed by atoms with van der Waals surface area (Å²) in [6, 6.07) is 53.9. The van der Waals surface area contributed by atoms with E-state index in [4.69, 9.17) is 5.73 Å². The van der Waals surface area contributed by atoms with Crippen molar-refractivity contribution in [1.82, 2.24) is 0 Å². The Balaban J connectivity index is 1.03. The van der Waals surface area contributed by atoms with Gasteiger partial charge in [0.1, 0.15) is 0 Å². The van der Waals surface area contributed by atoms with Crippen LogP contribution in [0.15, 0.2) is 188 Å². The molecule has 53 heavy (non-hydrogen) atoms. The summed E-state index contributed by atoms with van der Waals surface area (Å²) >= 11 is 0. The molecule has 2 atom stereocenters. The fourth-order valence-electron chi connectivity index (χ4n) is 7.67. The predicted molar refractivity (Wildman–Crippen MR) is 226 cm³/mol. The Morgan fingerprint density at radius 3 is 2.17 bits per heavy atom. The first kappa shape index (κ1) is 33.8. The van der Waals surface area contributed by atoms with Crippen molar-refractivity contribution in [2.45, 2.75) is 37.5 Å². The van der Waals surface area contributed by atoms with Gasteiger partial charge in [-0.25, -0.2) is 0 Å². The van der Waals surface area contributed by atoms with Crippen LogP contribution in [0.3, 0.4) is 0 Å². The Morgan fingerprint density at radius 1 is 0.660 bits per heavy atom.